The van der Waals surface area contributed by atoms with Crippen LogP contribution in [0.3, 0.4) is 0 Å². The summed E-state index contributed by atoms with van der Waals surface area (Å²) < 4.78 is 12.9. The molecule has 1 aromatic carbocycles. The van der Waals surface area contributed by atoms with E-state index in [1.54, 1.807) is 18.6 Å². The number of thiophene rings is 1. The molecule has 0 fully saturated rings. The number of carbonyl (C=O) groups excluding carboxylic acids is 2. The molecule has 3 rings (SSSR count). The summed E-state index contributed by atoms with van der Waals surface area (Å²) in [6.07, 6.45) is 0.245. The summed E-state index contributed by atoms with van der Waals surface area (Å²) in [5.74, 6) is 0.0947. The average Bonchev–Trinajstić information content (AvgIpc) is 3.23. The molecule has 0 saturated carbocycles. The van der Waals surface area contributed by atoms with Crippen LogP contribution in [0, 0.1) is 0 Å². The van der Waals surface area contributed by atoms with E-state index in [0.717, 1.165) is 15.1 Å². The topological polar surface area (TPSA) is 69.9 Å². The highest BCUT2D eigenvalue weighted by Crippen LogP contribution is 2.23. The molecule has 0 atom stereocenters. The molecule has 2 heterocycles. The number of amides is 1. The number of methoxy groups -OCH3 is 1. The number of rotatable bonds is 6. The fourth-order valence-electron chi connectivity index (χ4n) is 2.46. The molecule has 6 nitrogen and oxygen atoms in total. The van der Waals surface area contributed by atoms with Gasteiger partial charge in [0.15, 0.2) is 4.80 Å². The van der Waals surface area contributed by atoms with Gasteiger partial charge in [0.1, 0.15) is 12.3 Å². The van der Waals surface area contributed by atoms with Crippen LogP contribution in [0.25, 0.3) is 10.2 Å². The Morgan fingerprint density at radius 2 is 2.12 bits per heavy atom. The van der Waals surface area contributed by atoms with Crippen LogP contribution in [-0.2, 0) is 27.3 Å². The zero-order valence-electron chi connectivity index (χ0n) is 14.4. The van der Waals surface area contributed by atoms with Gasteiger partial charge < -0.3 is 14.0 Å². The number of esters is 1. The van der Waals surface area contributed by atoms with Gasteiger partial charge in [-0.25, -0.2) is 0 Å². The highest BCUT2D eigenvalue weighted by molar-refractivity contribution is 7.16. The Morgan fingerprint density at radius 3 is 2.81 bits per heavy atom. The van der Waals surface area contributed by atoms with Crippen LogP contribution in [0.2, 0.25) is 0 Å². The third-order valence-corrected chi connectivity index (χ3v) is 5.53. The summed E-state index contributed by atoms with van der Waals surface area (Å²) in [5.41, 5.74) is 0.812. The third-order valence-electron chi connectivity index (χ3n) is 3.61. The molecule has 0 N–H and O–H groups in total. The fraction of sp³-hybridized carbons (Fsp3) is 0.278. The van der Waals surface area contributed by atoms with E-state index in [1.807, 2.05) is 35.7 Å². The second kappa shape index (κ2) is 8.29. The molecule has 2 aromatic heterocycles. The van der Waals surface area contributed by atoms with Crippen molar-refractivity contribution in [2.24, 2.45) is 4.99 Å². The summed E-state index contributed by atoms with van der Waals surface area (Å²) in [6.45, 7) is 2.07. The Morgan fingerprint density at radius 1 is 1.27 bits per heavy atom. The number of aromatic nitrogens is 1. The summed E-state index contributed by atoms with van der Waals surface area (Å²) >= 11 is 2.86. The van der Waals surface area contributed by atoms with Crippen LogP contribution in [0.4, 0.5) is 0 Å². The molecule has 0 radical (unpaired) electrons. The van der Waals surface area contributed by atoms with Crippen molar-refractivity contribution in [2.45, 2.75) is 19.9 Å². The van der Waals surface area contributed by atoms with Crippen LogP contribution in [-0.4, -0.2) is 30.2 Å². The molecule has 0 unspecified atom stereocenters. The number of ether oxygens (including phenoxy) is 2. The number of fused-ring (bicyclic) bond motifs is 1. The normalized spacial score (nSPS) is 11.7. The Bertz CT molecular complexity index is 986. The SMILES string of the molecule is CCOC(=O)Cn1c(=NC(=O)Cc2cccs2)sc2cc(OC)ccc21. The molecule has 0 saturated heterocycles. The smallest absolute Gasteiger partial charge is 0.326 e. The zero-order chi connectivity index (χ0) is 18.5. The van der Waals surface area contributed by atoms with Crippen molar-refractivity contribution in [2.75, 3.05) is 13.7 Å². The number of hydrogen-bond donors (Lipinski definition) is 0. The highest BCUT2D eigenvalue weighted by atomic mass is 32.1. The number of nitrogens with zero attached hydrogens (tertiary/aromatic N) is 2. The Kier molecular flexibility index (Phi) is 5.85. The molecule has 0 aliphatic rings. The van der Waals surface area contributed by atoms with E-state index in [1.165, 1.54) is 22.7 Å². The number of hydrogen-bond acceptors (Lipinski definition) is 6. The van der Waals surface area contributed by atoms with Crippen molar-refractivity contribution in [1.82, 2.24) is 4.57 Å². The standard InChI is InChI=1S/C18H18N2O4S2/c1-3-24-17(22)11-20-14-7-6-12(23-2)9-15(14)26-18(20)19-16(21)10-13-5-4-8-25-13/h4-9H,3,10-11H2,1-2H3. The molecule has 3 aromatic rings. The lowest BCUT2D eigenvalue weighted by atomic mass is 10.3. The van der Waals surface area contributed by atoms with Crippen molar-refractivity contribution in [3.8, 4) is 5.75 Å². The van der Waals surface area contributed by atoms with Gasteiger partial charge in [0.2, 0.25) is 0 Å². The molecule has 0 bridgehead atoms. The maximum absolute atomic E-state index is 12.3. The lowest BCUT2D eigenvalue weighted by Gasteiger charge is -2.05. The first-order chi connectivity index (χ1) is 12.6. The summed E-state index contributed by atoms with van der Waals surface area (Å²) in [5, 5.41) is 1.93. The number of thiazole rings is 1. The van der Waals surface area contributed by atoms with Crippen molar-refractivity contribution >= 4 is 44.8 Å². The molecule has 136 valence electrons. The number of benzene rings is 1. The molecule has 26 heavy (non-hydrogen) atoms. The predicted molar refractivity (Wildman–Crippen MR) is 102 cm³/mol. The van der Waals surface area contributed by atoms with E-state index in [2.05, 4.69) is 4.99 Å². The Labute approximate surface area is 158 Å². The molecule has 1 amide bonds. The van der Waals surface area contributed by atoms with Gasteiger partial charge >= 0.3 is 5.97 Å². The van der Waals surface area contributed by atoms with E-state index in [9.17, 15) is 9.59 Å². The molecular weight excluding hydrogens is 372 g/mol. The van der Waals surface area contributed by atoms with Gasteiger partial charge in [-0.15, -0.1) is 11.3 Å². The minimum atomic E-state index is -0.366. The minimum absolute atomic E-state index is 0.00524. The molecule has 0 aliphatic carbocycles. The first-order valence-corrected chi connectivity index (χ1v) is 9.73. The van der Waals surface area contributed by atoms with Crippen molar-refractivity contribution in [3.05, 3.63) is 45.4 Å². The van der Waals surface area contributed by atoms with Gasteiger partial charge in [-0.2, -0.15) is 4.99 Å². The van der Waals surface area contributed by atoms with Gasteiger partial charge in [-0.3, -0.25) is 9.59 Å². The van der Waals surface area contributed by atoms with Gasteiger partial charge in [-0.1, -0.05) is 17.4 Å². The van der Waals surface area contributed by atoms with E-state index < -0.39 is 0 Å². The zero-order valence-corrected chi connectivity index (χ0v) is 16.1. The van der Waals surface area contributed by atoms with Crippen LogP contribution in [0.5, 0.6) is 5.75 Å². The Balaban J connectivity index is 2.02. The van der Waals surface area contributed by atoms with Crippen LogP contribution in [0.15, 0.2) is 40.7 Å². The van der Waals surface area contributed by atoms with Gasteiger partial charge in [0.25, 0.3) is 5.91 Å². The summed E-state index contributed by atoms with van der Waals surface area (Å²) in [4.78, 5) is 30.0. The predicted octanol–water partition coefficient (Wildman–Crippen LogP) is 3.01. The van der Waals surface area contributed by atoms with Gasteiger partial charge in [0.05, 0.1) is 30.4 Å². The maximum Gasteiger partial charge on any atom is 0.326 e. The largest absolute Gasteiger partial charge is 0.497 e. The van der Waals surface area contributed by atoms with Gasteiger partial charge in [0, 0.05) is 4.88 Å². The summed E-state index contributed by atoms with van der Waals surface area (Å²) in [6, 6.07) is 9.34. The first kappa shape index (κ1) is 18.3. The molecule has 0 spiro atoms. The quantitative estimate of drug-likeness (QED) is 0.607. The van der Waals surface area contributed by atoms with Crippen molar-refractivity contribution in [3.63, 3.8) is 0 Å². The molecule has 8 heteroatoms. The lowest BCUT2D eigenvalue weighted by Crippen LogP contribution is -2.23. The maximum atomic E-state index is 12.3. The number of carbonyl (C=O) groups is 2. The first-order valence-electron chi connectivity index (χ1n) is 8.03. The van der Waals surface area contributed by atoms with E-state index >= 15 is 0 Å². The van der Waals surface area contributed by atoms with Crippen molar-refractivity contribution in [1.29, 1.82) is 0 Å². The monoisotopic (exact) mass is 390 g/mol. The lowest BCUT2D eigenvalue weighted by molar-refractivity contribution is -0.143. The van der Waals surface area contributed by atoms with E-state index in [4.69, 9.17) is 9.47 Å². The van der Waals surface area contributed by atoms with Gasteiger partial charge in [-0.05, 0) is 36.6 Å². The van der Waals surface area contributed by atoms with Crippen molar-refractivity contribution < 1.29 is 19.1 Å². The van der Waals surface area contributed by atoms with Crippen LogP contribution >= 0.6 is 22.7 Å². The molecule has 0 aliphatic heterocycles. The minimum Gasteiger partial charge on any atom is -0.497 e. The average molecular weight is 390 g/mol. The fourth-order valence-corrected chi connectivity index (χ4v) is 4.23. The van der Waals surface area contributed by atoms with E-state index in [0.29, 0.717) is 17.2 Å². The van der Waals surface area contributed by atoms with Crippen LogP contribution < -0.4 is 9.54 Å². The highest BCUT2D eigenvalue weighted by Gasteiger charge is 2.13. The second-order valence-corrected chi connectivity index (χ2v) is 7.41. The third kappa shape index (κ3) is 4.20. The summed E-state index contributed by atoms with van der Waals surface area (Å²) in [7, 11) is 1.59. The van der Waals surface area contributed by atoms with E-state index in [-0.39, 0.29) is 24.8 Å². The van der Waals surface area contributed by atoms with Crippen LogP contribution in [0.1, 0.15) is 11.8 Å². The second-order valence-electron chi connectivity index (χ2n) is 5.37. The Hall–Kier alpha value is -2.45. The molecular formula is C18H18N2O4S2.